The summed E-state index contributed by atoms with van der Waals surface area (Å²) in [4.78, 5) is 15.3. The van der Waals surface area contributed by atoms with E-state index in [2.05, 4.69) is 10.3 Å². The second-order valence-electron chi connectivity index (χ2n) is 4.65. The first-order valence-corrected chi connectivity index (χ1v) is 7.32. The molecule has 3 rings (SSSR count). The van der Waals surface area contributed by atoms with Crippen LogP contribution < -0.4 is 5.32 Å². The lowest BCUT2D eigenvalue weighted by Crippen LogP contribution is -2.14. The largest absolute Gasteiger partial charge is 0.480 e. The molecule has 2 aromatic heterocycles. The number of halogens is 3. The predicted molar refractivity (Wildman–Crippen MR) is 81.1 cm³/mol. The maximum Gasteiger partial charge on any atom is 0.322 e. The summed E-state index contributed by atoms with van der Waals surface area (Å²) in [6.07, 6.45) is 1.37. The van der Waals surface area contributed by atoms with Crippen LogP contribution in [0.15, 0.2) is 29.8 Å². The van der Waals surface area contributed by atoms with Crippen molar-refractivity contribution in [2.45, 2.75) is 0 Å². The Bertz CT molecular complexity index is 898. The van der Waals surface area contributed by atoms with Gasteiger partial charge in [0.1, 0.15) is 12.4 Å². The van der Waals surface area contributed by atoms with Gasteiger partial charge in [0.15, 0.2) is 17.5 Å². The fraction of sp³-hybridized carbons (Fsp3) is 0.0667. The zero-order chi connectivity index (χ0) is 16.6. The van der Waals surface area contributed by atoms with Crippen LogP contribution in [0.1, 0.15) is 0 Å². The number of hydrogen-bond acceptors (Lipinski definition) is 4. The molecule has 0 atom stereocenters. The predicted octanol–water partition coefficient (Wildman–Crippen LogP) is 3.88. The summed E-state index contributed by atoms with van der Waals surface area (Å²) in [7, 11) is 0. The molecule has 2 heterocycles. The van der Waals surface area contributed by atoms with Crippen molar-refractivity contribution in [3.8, 4) is 10.4 Å². The molecule has 0 aliphatic heterocycles. The van der Waals surface area contributed by atoms with Crippen molar-refractivity contribution in [2.75, 3.05) is 11.9 Å². The third kappa shape index (κ3) is 2.72. The lowest BCUT2D eigenvalue weighted by atomic mass is 10.0. The molecule has 0 unspecified atom stereocenters. The molecular weight excluding hydrogens is 329 g/mol. The second-order valence-corrected chi connectivity index (χ2v) is 5.60. The molecule has 0 saturated heterocycles. The molecule has 0 aliphatic rings. The topological polar surface area (TPSA) is 62.2 Å². The van der Waals surface area contributed by atoms with Crippen LogP contribution >= 0.6 is 11.3 Å². The van der Waals surface area contributed by atoms with Crippen molar-refractivity contribution in [2.24, 2.45) is 0 Å². The van der Waals surface area contributed by atoms with Gasteiger partial charge in [0.25, 0.3) is 0 Å². The minimum atomic E-state index is -1.62. The Labute approximate surface area is 132 Å². The van der Waals surface area contributed by atoms with E-state index in [4.69, 9.17) is 5.11 Å². The molecule has 2 N–H and O–H groups in total. The highest BCUT2D eigenvalue weighted by molar-refractivity contribution is 7.13. The number of nitrogens with one attached hydrogen (secondary N) is 1. The molecular formula is C15H9F3N2O2S. The normalized spacial score (nSPS) is 10.9. The summed E-state index contributed by atoms with van der Waals surface area (Å²) in [5.41, 5.74) is 0.439. The average Bonchev–Trinajstić information content (AvgIpc) is 3.04. The number of hydrogen-bond donors (Lipinski definition) is 2. The van der Waals surface area contributed by atoms with Crippen LogP contribution in [-0.4, -0.2) is 22.6 Å². The van der Waals surface area contributed by atoms with Gasteiger partial charge in [0.2, 0.25) is 0 Å². The van der Waals surface area contributed by atoms with Crippen molar-refractivity contribution in [3.63, 3.8) is 0 Å². The average molecular weight is 338 g/mol. The van der Waals surface area contributed by atoms with Crippen molar-refractivity contribution >= 4 is 33.9 Å². The van der Waals surface area contributed by atoms with Gasteiger partial charge in [-0.25, -0.2) is 18.2 Å². The molecule has 0 saturated carbocycles. The number of rotatable bonds is 4. The van der Waals surface area contributed by atoms with Gasteiger partial charge >= 0.3 is 5.97 Å². The van der Waals surface area contributed by atoms with E-state index in [1.807, 2.05) is 0 Å². The first-order valence-electron chi connectivity index (χ1n) is 6.44. The van der Waals surface area contributed by atoms with E-state index >= 15 is 0 Å². The molecule has 23 heavy (non-hydrogen) atoms. The number of carboxylic acid groups (broad SMARTS) is 1. The van der Waals surface area contributed by atoms with Crippen molar-refractivity contribution in [3.05, 3.63) is 47.2 Å². The number of nitrogens with zero attached hydrogens (tertiary/aromatic N) is 1. The summed E-state index contributed by atoms with van der Waals surface area (Å²) in [5.74, 6) is -5.69. The van der Waals surface area contributed by atoms with Crippen LogP contribution in [0.3, 0.4) is 0 Å². The third-order valence-electron chi connectivity index (χ3n) is 3.21. The number of aliphatic carboxylic acids is 1. The molecule has 3 aromatic rings. The minimum Gasteiger partial charge on any atom is -0.480 e. The van der Waals surface area contributed by atoms with Gasteiger partial charge in [0, 0.05) is 22.0 Å². The van der Waals surface area contributed by atoms with Crippen LogP contribution in [0.5, 0.6) is 0 Å². The summed E-state index contributed by atoms with van der Waals surface area (Å²) < 4.78 is 41.5. The summed E-state index contributed by atoms with van der Waals surface area (Å²) in [5, 5.41) is 12.7. The van der Waals surface area contributed by atoms with Crippen LogP contribution in [0.4, 0.5) is 19.0 Å². The lowest BCUT2D eigenvalue weighted by molar-refractivity contribution is -0.134. The number of anilines is 1. The van der Waals surface area contributed by atoms with E-state index in [1.165, 1.54) is 17.5 Å². The zero-order valence-electron chi connectivity index (χ0n) is 11.4. The van der Waals surface area contributed by atoms with E-state index in [9.17, 15) is 18.0 Å². The Balaban J connectivity index is 2.29. The van der Waals surface area contributed by atoms with E-state index in [0.717, 1.165) is 6.07 Å². The Hall–Kier alpha value is -2.61. The number of benzene rings is 1. The number of carbonyl (C=O) groups is 1. The highest BCUT2D eigenvalue weighted by Gasteiger charge is 2.20. The Morgan fingerprint density at radius 2 is 2.09 bits per heavy atom. The van der Waals surface area contributed by atoms with Crippen LogP contribution in [0.25, 0.3) is 21.2 Å². The standard InChI is InChI=1S/C15H9F3N2O2S/c16-9-4-7-8(10-2-1-3-23-10)5-19-15(20-6-11(21)22)12(7)14(18)13(9)17/h1-5H,6H2,(H,19,20)(H,21,22). The number of pyridine rings is 1. The highest BCUT2D eigenvalue weighted by atomic mass is 32.1. The SMILES string of the molecule is O=C(O)CNc1ncc(-c2cccs2)c2cc(F)c(F)c(F)c12. The Morgan fingerprint density at radius 1 is 1.30 bits per heavy atom. The number of thiophene rings is 1. The Kier molecular flexibility index (Phi) is 3.91. The van der Waals surface area contributed by atoms with Crippen LogP contribution in [0.2, 0.25) is 0 Å². The van der Waals surface area contributed by atoms with Crippen molar-refractivity contribution < 1.29 is 23.1 Å². The molecule has 0 fully saturated rings. The number of carboxylic acids is 1. The maximum atomic E-state index is 14.2. The molecule has 0 bridgehead atoms. The molecule has 8 heteroatoms. The van der Waals surface area contributed by atoms with Gasteiger partial charge in [-0.15, -0.1) is 11.3 Å². The van der Waals surface area contributed by atoms with Gasteiger partial charge in [-0.1, -0.05) is 6.07 Å². The maximum absolute atomic E-state index is 14.2. The fourth-order valence-electron chi connectivity index (χ4n) is 2.22. The summed E-state index contributed by atoms with van der Waals surface area (Å²) in [6, 6.07) is 4.39. The smallest absolute Gasteiger partial charge is 0.322 e. The van der Waals surface area contributed by atoms with E-state index < -0.39 is 30.0 Å². The monoisotopic (exact) mass is 338 g/mol. The Morgan fingerprint density at radius 3 is 2.74 bits per heavy atom. The van der Waals surface area contributed by atoms with Gasteiger partial charge in [-0.05, 0) is 17.5 Å². The van der Waals surface area contributed by atoms with E-state index in [-0.39, 0.29) is 16.6 Å². The minimum absolute atomic E-state index is 0.117. The first kappa shape index (κ1) is 15.3. The molecule has 118 valence electrons. The molecule has 0 aliphatic carbocycles. The van der Waals surface area contributed by atoms with Crippen molar-refractivity contribution in [1.82, 2.24) is 4.98 Å². The highest BCUT2D eigenvalue weighted by Crippen LogP contribution is 2.36. The lowest BCUT2D eigenvalue weighted by Gasteiger charge is -2.12. The van der Waals surface area contributed by atoms with Gasteiger partial charge < -0.3 is 10.4 Å². The molecule has 0 radical (unpaired) electrons. The fourth-order valence-corrected chi connectivity index (χ4v) is 2.97. The quantitative estimate of drug-likeness (QED) is 0.709. The summed E-state index contributed by atoms with van der Waals surface area (Å²) in [6.45, 7) is -0.529. The van der Waals surface area contributed by atoms with Crippen molar-refractivity contribution in [1.29, 1.82) is 0 Å². The zero-order valence-corrected chi connectivity index (χ0v) is 12.3. The van der Waals surface area contributed by atoms with Gasteiger partial charge in [0.05, 0.1) is 5.39 Å². The van der Waals surface area contributed by atoms with E-state index in [1.54, 1.807) is 17.5 Å². The van der Waals surface area contributed by atoms with E-state index in [0.29, 0.717) is 10.4 Å². The van der Waals surface area contributed by atoms with Crippen LogP contribution in [0, 0.1) is 17.5 Å². The molecule has 4 nitrogen and oxygen atoms in total. The second kappa shape index (κ2) is 5.88. The first-order chi connectivity index (χ1) is 11.0. The summed E-state index contributed by atoms with van der Waals surface area (Å²) >= 11 is 1.34. The number of aromatic nitrogens is 1. The number of fused-ring (bicyclic) bond motifs is 1. The molecule has 0 spiro atoms. The van der Waals surface area contributed by atoms with Gasteiger partial charge in [-0.2, -0.15) is 0 Å². The molecule has 1 aromatic carbocycles. The third-order valence-corrected chi connectivity index (χ3v) is 4.11. The molecule has 0 amide bonds. The van der Waals surface area contributed by atoms with Crippen LogP contribution in [-0.2, 0) is 4.79 Å². The van der Waals surface area contributed by atoms with Gasteiger partial charge in [-0.3, -0.25) is 4.79 Å².